The van der Waals surface area contributed by atoms with Crippen molar-refractivity contribution in [3.63, 3.8) is 0 Å². The number of hydrogen-bond acceptors (Lipinski definition) is 5. The minimum atomic E-state index is -0.0493. The van der Waals surface area contributed by atoms with Crippen molar-refractivity contribution >= 4 is 52.2 Å². The van der Waals surface area contributed by atoms with Gasteiger partial charge in [0.15, 0.2) is 0 Å². The number of halogens is 1. The van der Waals surface area contributed by atoms with Gasteiger partial charge in [-0.25, -0.2) is 0 Å². The first-order chi connectivity index (χ1) is 15.6. The quantitative estimate of drug-likeness (QED) is 0.512. The minimum Gasteiger partial charge on any atom is -0.337 e. The summed E-state index contributed by atoms with van der Waals surface area (Å²) in [6.45, 7) is 3.13. The zero-order chi connectivity index (χ0) is 22.3. The molecular weight excluding hydrogens is 462 g/mol. The van der Waals surface area contributed by atoms with Crippen LogP contribution in [0.5, 0.6) is 0 Å². The van der Waals surface area contributed by atoms with Crippen molar-refractivity contribution in [2.24, 2.45) is 0 Å². The van der Waals surface area contributed by atoms with Gasteiger partial charge in [-0.05, 0) is 54.3 Å². The van der Waals surface area contributed by atoms with E-state index >= 15 is 0 Å². The third-order valence-electron chi connectivity index (χ3n) is 5.21. The summed E-state index contributed by atoms with van der Waals surface area (Å²) in [4.78, 5) is 31.4. The molecular formula is C24H24ClN3O2S2. The van der Waals surface area contributed by atoms with Crippen LogP contribution >= 0.6 is 34.7 Å². The van der Waals surface area contributed by atoms with E-state index in [1.54, 1.807) is 11.8 Å². The average molecular weight is 486 g/mol. The predicted octanol–water partition coefficient (Wildman–Crippen LogP) is 5.34. The summed E-state index contributed by atoms with van der Waals surface area (Å²) in [7, 11) is 0. The lowest BCUT2D eigenvalue weighted by Crippen LogP contribution is -2.38. The van der Waals surface area contributed by atoms with Crippen LogP contribution in [0.1, 0.15) is 16.8 Å². The standard InChI is InChI=1S/C24H24ClN3O2S2/c25-19-6-8-20(9-7-19)32-22-5-2-1-4-21(22)26-23(29)16-27-11-3-12-28(14-13-27)24(30)18-10-15-31-17-18/h1-2,4-10,15,17H,3,11-14,16H2,(H,26,29). The highest BCUT2D eigenvalue weighted by Gasteiger charge is 2.22. The lowest BCUT2D eigenvalue weighted by Gasteiger charge is -2.21. The van der Waals surface area contributed by atoms with Gasteiger partial charge in [0.2, 0.25) is 5.91 Å². The summed E-state index contributed by atoms with van der Waals surface area (Å²) >= 11 is 9.10. The van der Waals surface area contributed by atoms with Crippen LogP contribution in [0.4, 0.5) is 5.69 Å². The second kappa shape index (κ2) is 11.0. The SMILES string of the molecule is O=C(CN1CCCN(C(=O)c2ccsc2)CC1)Nc1ccccc1Sc1ccc(Cl)cc1. The number of carbonyl (C=O) groups excluding carboxylic acids is 2. The highest BCUT2D eigenvalue weighted by atomic mass is 35.5. The Bertz CT molecular complexity index is 1060. The smallest absolute Gasteiger partial charge is 0.254 e. The van der Waals surface area contributed by atoms with Crippen molar-refractivity contribution in [2.75, 3.05) is 38.0 Å². The summed E-state index contributed by atoms with van der Waals surface area (Å²) in [6.07, 6.45) is 0.853. The van der Waals surface area contributed by atoms with Crippen LogP contribution in [0.25, 0.3) is 0 Å². The number of nitrogens with zero attached hydrogens (tertiary/aromatic N) is 2. The lowest BCUT2D eigenvalue weighted by molar-refractivity contribution is -0.117. The van der Waals surface area contributed by atoms with Crippen molar-refractivity contribution in [3.05, 3.63) is 75.9 Å². The molecule has 0 radical (unpaired) electrons. The zero-order valence-corrected chi connectivity index (χ0v) is 19.9. The molecule has 0 aliphatic carbocycles. The number of carbonyl (C=O) groups is 2. The maximum Gasteiger partial charge on any atom is 0.254 e. The van der Waals surface area contributed by atoms with Gasteiger partial charge in [-0.15, -0.1) is 0 Å². The van der Waals surface area contributed by atoms with Crippen molar-refractivity contribution in [1.82, 2.24) is 9.80 Å². The van der Waals surface area contributed by atoms with Crippen molar-refractivity contribution in [2.45, 2.75) is 16.2 Å². The Hall–Kier alpha value is -2.32. The van der Waals surface area contributed by atoms with Gasteiger partial charge >= 0.3 is 0 Å². The second-order valence-corrected chi connectivity index (χ2v) is 9.87. The summed E-state index contributed by atoms with van der Waals surface area (Å²) in [6, 6.07) is 17.3. The first-order valence-electron chi connectivity index (χ1n) is 10.4. The van der Waals surface area contributed by atoms with Crippen molar-refractivity contribution < 1.29 is 9.59 Å². The fourth-order valence-corrected chi connectivity index (χ4v) is 5.24. The van der Waals surface area contributed by atoms with E-state index < -0.39 is 0 Å². The van der Waals surface area contributed by atoms with Crippen LogP contribution in [0, 0.1) is 0 Å². The number of para-hydroxylation sites is 1. The number of amides is 2. The number of benzene rings is 2. The third kappa shape index (κ3) is 6.13. The summed E-state index contributed by atoms with van der Waals surface area (Å²) in [5.74, 6) is 0.0254. The van der Waals surface area contributed by atoms with Gasteiger partial charge in [0.1, 0.15) is 0 Å². The zero-order valence-electron chi connectivity index (χ0n) is 17.5. The largest absolute Gasteiger partial charge is 0.337 e. The molecule has 0 bridgehead atoms. The average Bonchev–Trinajstić information content (AvgIpc) is 3.23. The molecule has 1 saturated heterocycles. The van der Waals surface area contributed by atoms with Gasteiger partial charge in [-0.1, -0.05) is 35.5 Å². The van der Waals surface area contributed by atoms with Crippen LogP contribution in [-0.4, -0.2) is 54.3 Å². The van der Waals surface area contributed by atoms with E-state index in [-0.39, 0.29) is 11.8 Å². The molecule has 166 valence electrons. The van der Waals surface area contributed by atoms with Gasteiger partial charge in [-0.2, -0.15) is 11.3 Å². The second-order valence-electron chi connectivity index (χ2n) is 7.53. The number of thiophene rings is 1. The Morgan fingerprint density at radius 1 is 1.00 bits per heavy atom. The number of hydrogen-bond donors (Lipinski definition) is 1. The summed E-state index contributed by atoms with van der Waals surface area (Å²) in [5, 5.41) is 7.57. The van der Waals surface area contributed by atoms with Gasteiger partial charge in [0.05, 0.1) is 17.8 Å². The van der Waals surface area contributed by atoms with E-state index in [0.717, 1.165) is 34.0 Å². The topological polar surface area (TPSA) is 52.7 Å². The third-order valence-corrected chi connectivity index (χ3v) is 7.23. The first-order valence-corrected chi connectivity index (χ1v) is 12.6. The molecule has 1 fully saturated rings. The first kappa shape index (κ1) is 22.9. The Kier molecular flexibility index (Phi) is 7.86. The van der Waals surface area contributed by atoms with Gasteiger partial charge in [0, 0.05) is 46.4 Å². The lowest BCUT2D eigenvalue weighted by atomic mass is 10.3. The minimum absolute atomic E-state index is 0.0493. The van der Waals surface area contributed by atoms with Gasteiger partial charge in [-0.3, -0.25) is 14.5 Å². The Morgan fingerprint density at radius 3 is 2.59 bits per heavy atom. The maximum atomic E-state index is 12.8. The number of anilines is 1. The molecule has 32 heavy (non-hydrogen) atoms. The molecule has 2 amide bonds. The highest BCUT2D eigenvalue weighted by Crippen LogP contribution is 2.33. The van der Waals surface area contributed by atoms with Crippen LogP contribution in [-0.2, 0) is 4.79 Å². The monoisotopic (exact) mass is 485 g/mol. The van der Waals surface area contributed by atoms with Crippen LogP contribution in [0.2, 0.25) is 5.02 Å². The molecule has 0 spiro atoms. The van der Waals surface area contributed by atoms with Gasteiger partial charge in [0.25, 0.3) is 5.91 Å². The van der Waals surface area contributed by atoms with Gasteiger partial charge < -0.3 is 10.2 Å². The molecule has 4 rings (SSSR count). The molecule has 1 aliphatic heterocycles. The molecule has 2 aromatic carbocycles. The van der Waals surface area contributed by atoms with E-state index in [1.165, 1.54) is 11.3 Å². The Labute approximate surface area is 201 Å². The Morgan fingerprint density at radius 2 is 1.81 bits per heavy atom. The predicted molar refractivity (Wildman–Crippen MR) is 132 cm³/mol. The highest BCUT2D eigenvalue weighted by molar-refractivity contribution is 7.99. The number of rotatable bonds is 6. The molecule has 0 atom stereocenters. The van der Waals surface area contributed by atoms with Crippen molar-refractivity contribution in [1.29, 1.82) is 0 Å². The molecule has 1 aliphatic rings. The van der Waals surface area contributed by atoms with Crippen LogP contribution < -0.4 is 5.32 Å². The van der Waals surface area contributed by atoms with Crippen molar-refractivity contribution in [3.8, 4) is 0 Å². The van der Waals surface area contributed by atoms with Crippen LogP contribution in [0.15, 0.2) is 75.1 Å². The molecule has 8 heteroatoms. The van der Waals surface area contributed by atoms with E-state index in [1.807, 2.05) is 70.3 Å². The molecule has 0 unspecified atom stereocenters. The summed E-state index contributed by atoms with van der Waals surface area (Å²) in [5.41, 5.74) is 1.54. The number of nitrogens with one attached hydrogen (secondary N) is 1. The van der Waals surface area contributed by atoms with Crippen LogP contribution in [0.3, 0.4) is 0 Å². The Balaban J connectivity index is 1.33. The maximum absolute atomic E-state index is 12.8. The van der Waals surface area contributed by atoms with E-state index in [2.05, 4.69) is 10.2 Å². The van der Waals surface area contributed by atoms with E-state index in [4.69, 9.17) is 11.6 Å². The molecule has 3 aromatic rings. The molecule has 2 heterocycles. The normalized spacial score (nSPS) is 14.7. The molecule has 1 aromatic heterocycles. The van der Waals surface area contributed by atoms with E-state index in [9.17, 15) is 9.59 Å². The summed E-state index contributed by atoms with van der Waals surface area (Å²) < 4.78 is 0. The fourth-order valence-electron chi connectivity index (χ4n) is 3.58. The fraction of sp³-hybridized carbons (Fsp3) is 0.250. The molecule has 5 nitrogen and oxygen atoms in total. The molecule has 1 N–H and O–H groups in total. The van der Waals surface area contributed by atoms with E-state index in [0.29, 0.717) is 31.2 Å². The molecule has 0 saturated carbocycles.